The molecule has 0 saturated heterocycles. The molecule has 0 saturated carbocycles. The Morgan fingerprint density at radius 2 is 1.50 bits per heavy atom. The summed E-state index contributed by atoms with van der Waals surface area (Å²) in [7, 11) is 0. The largest absolute Gasteiger partial charge is 0.491 e. The van der Waals surface area contributed by atoms with E-state index >= 15 is 0 Å². The number of aliphatic hydroxyl groups excluding tert-OH is 2. The minimum atomic E-state index is -0.820. The number of nitrogens with one attached hydrogen (secondary N) is 1. The number of hydrogen-bond donors (Lipinski definition) is 3. The van der Waals surface area contributed by atoms with Gasteiger partial charge in [0.05, 0.1) is 12.3 Å². The van der Waals surface area contributed by atoms with Gasteiger partial charge in [-0.15, -0.1) is 0 Å². The van der Waals surface area contributed by atoms with E-state index in [1.54, 1.807) is 24.3 Å². The van der Waals surface area contributed by atoms with Gasteiger partial charge in [0.1, 0.15) is 24.2 Å². The zero-order valence-electron chi connectivity index (χ0n) is 19.7. The number of carbonyl (C=O) groups excluding carboxylic acids is 1. The van der Waals surface area contributed by atoms with E-state index in [4.69, 9.17) is 19.3 Å². The molecule has 7 heteroatoms. The van der Waals surface area contributed by atoms with Crippen LogP contribution in [0, 0.1) is 0 Å². The molecular formula is C29H29NO6. The normalized spacial score (nSPS) is 12.5. The fourth-order valence-electron chi connectivity index (χ4n) is 3.94. The molecule has 0 bridgehead atoms. The van der Waals surface area contributed by atoms with Gasteiger partial charge >= 0.3 is 6.09 Å². The third-order valence-electron chi connectivity index (χ3n) is 5.61. The van der Waals surface area contributed by atoms with Crippen molar-refractivity contribution in [3.05, 3.63) is 103 Å². The number of carbonyl (C=O) groups is 1. The summed E-state index contributed by atoms with van der Waals surface area (Å²) in [6.07, 6.45) is -1.88. The van der Waals surface area contributed by atoms with E-state index in [-0.39, 0.29) is 26.2 Å². The van der Waals surface area contributed by atoms with Gasteiger partial charge in [0.2, 0.25) is 0 Å². The van der Waals surface area contributed by atoms with Crippen LogP contribution in [-0.2, 0) is 4.74 Å². The second-order valence-electron chi connectivity index (χ2n) is 8.10. The van der Waals surface area contributed by atoms with Crippen LogP contribution in [0.4, 0.5) is 10.5 Å². The third-order valence-corrected chi connectivity index (χ3v) is 5.61. The summed E-state index contributed by atoms with van der Waals surface area (Å²) >= 11 is 0. The molecule has 0 heterocycles. The Morgan fingerprint density at radius 3 is 2.25 bits per heavy atom. The zero-order chi connectivity index (χ0) is 25.2. The predicted octanol–water partition coefficient (Wildman–Crippen LogP) is 5.33. The highest BCUT2D eigenvalue weighted by molar-refractivity contribution is 6.00. The summed E-state index contributed by atoms with van der Waals surface area (Å²) in [5.74, 6) is 1.18. The number of para-hydroxylation sites is 1. The SMILES string of the molecule is O=C(Nc1cccc2ccccc12)O[C@H](c1ccc(OCCO)cc1)[C@@H](CCO)Oc1ccccc1. The Kier molecular flexibility index (Phi) is 8.75. The number of anilines is 1. The number of ether oxygens (including phenoxy) is 3. The predicted molar refractivity (Wildman–Crippen MR) is 138 cm³/mol. The topological polar surface area (TPSA) is 97.3 Å². The smallest absolute Gasteiger partial charge is 0.412 e. The van der Waals surface area contributed by atoms with Crippen molar-refractivity contribution in [1.29, 1.82) is 0 Å². The fourth-order valence-corrected chi connectivity index (χ4v) is 3.94. The van der Waals surface area contributed by atoms with Crippen LogP contribution in [-0.4, -0.2) is 42.2 Å². The molecule has 0 unspecified atom stereocenters. The van der Waals surface area contributed by atoms with Gasteiger partial charge in [-0.2, -0.15) is 0 Å². The van der Waals surface area contributed by atoms with Crippen molar-refractivity contribution in [2.24, 2.45) is 0 Å². The molecule has 4 rings (SSSR count). The number of fused-ring (bicyclic) bond motifs is 1. The van der Waals surface area contributed by atoms with Gasteiger partial charge in [-0.05, 0) is 41.3 Å². The minimum absolute atomic E-state index is 0.0919. The molecule has 1 amide bonds. The molecule has 0 fully saturated rings. The Hall–Kier alpha value is -4.07. The van der Waals surface area contributed by atoms with Crippen LogP contribution in [0.1, 0.15) is 18.1 Å². The van der Waals surface area contributed by atoms with E-state index in [0.29, 0.717) is 22.7 Å². The molecule has 3 N–H and O–H groups in total. The van der Waals surface area contributed by atoms with Crippen molar-refractivity contribution >= 4 is 22.6 Å². The van der Waals surface area contributed by atoms with Gasteiger partial charge in [-0.25, -0.2) is 4.79 Å². The Bertz CT molecular complexity index is 1240. The maximum absolute atomic E-state index is 13.1. The van der Waals surface area contributed by atoms with Gasteiger partial charge < -0.3 is 24.4 Å². The maximum Gasteiger partial charge on any atom is 0.412 e. The number of benzene rings is 4. The average molecular weight is 488 g/mol. The molecule has 4 aromatic rings. The summed E-state index contributed by atoms with van der Waals surface area (Å²) < 4.78 is 17.5. The summed E-state index contributed by atoms with van der Waals surface area (Å²) in [6.45, 7) is -0.0672. The second-order valence-corrected chi connectivity index (χ2v) is 8.10. The second kappa shape index (κ2) is 12.6. The van der Waals surface area contributed by atoms with Gasteiger partial charge in [0.25, 0.3) is 0 Å². The highest BCUT2D eigenvalue weighted by Crippen LogP contribution is 2.30. The highest BCUT2D eigenvalue weighted by Gasteiger charge is 2.29. The van der Waals surface area contributed by atoms with E-state index < -0.39 is 18.3 Å². The molecule has 0 radical (unpaired) electrons. The Balaban J connectivity index is 1.60. The molecule has 0 aliphatic heterocycles. The lowest BCUT2D eigenvalue weighted by molar-refractivity contribution is 0.00907. The Labute approximate surface area is 209 Å². The van der Waals surface area contributed by atoms with Crippen molar-refractivity contribution in [3.8, 4) is 11.5 Å². The van der Waals surface area contributed by atoms with Crippen LogP contribution in [0.2, 0.25) is 0 Å². The van der Waals surface area contributed by atoms with Crippen LogP contribution in [0.3, 0.4) is 0 Å². The van der Waals surface area contributed by atoms with E-state index in [9.17, 15) is 9.90 Å². The monoisotopic (exact) mass is 487 g/mol. The molecule has 186 valence electrons. The molecule has 0 aliphatic rings. The standard InChI is InChI=1S/C29H29NO6/c31-18-17-27(35-24-9-2-1-3-10-24)28(22-13-15-23(16-14-22)34-20-19-32)36-29(33)30-26-12-6-8-21-7-4-5-11-25(21)26/h1-16,27-28,31-32H,17-20H2,(H,30,33)/t27-,28-/m1/s1. The van der Waals surface area contributed by atoms with Crippen LogP contribution >= 0.6 is 0 Å². The molecule has 36 heavy (non-hydrogen) atoms. The van der Waals surface area contributed by atoms with Crippen LogP contribution in [0.25, 0.3) is 10.8 Å². The first-order valence-electron chi connectivity index (χ1n) is 11.8. The van der Waals surface area contributed by atoms with Crippen molar-refractivity contribution in [2.75, 3.05) is 25.1 Å². The third kappa shape index (κ3) is 6.53. The minimum Gasteiger partial charge on any atom is -0.491 e. The highest BCUT2D eigenvalue weighted by atomic mass is 16.6. The molecule has 2 atom stereocenters. The first-order chi connectivity index (χ1) is 17.7. The quantitative estimate of drug-likeness (QED) is 0.265. The number of aliphatic hydroxyl groups is 2. The Morgan fingerprint density at radius 1 is 0.778 bits per heavy atom. The summed E-state index contributed by atoms with van der Waals surface area (Å²) in [4.78, 5) is 13.1. The van der Waals surface area contributed by atoms with Gasteiger partial charge in [0.15, 0.2) is 6.10 Å². The summed E-state index contributed by atoms with van der Waals surface area (Å²) in [5, 5.41) is 23.5. The molecule has 0 aromatic heterocycles. The lowest BCUT2D eigenvalue weighted by Gasteiger charge is -2.28. The number of rotatable bonds is 11. The number of amides is 1. The first kappa shape index (κ1) is 25.0. The van der Waals surface area contributed by atoms with Crippen molar-refractivity contribution in [3.63, 3.8) is 0 Å². The average Bonchev–Trinajstić information content (AvgIpc) is 2.91. The molecular weight excluding hydrogens is 458 g/mol. The van der Waals surface area contributed by atoms with Gasteiger partial charge in [-0.3, -0.25) is 5.32 Å². The first-order valence-corrected chi connectivity index (χ1v) is 11.8. The van der Waals surface area contributed by atoms with Gasteiger partial charge in [-0.1, -0.05) is 66.7 Å². The van der Waals surface area contributed by atoms with E-state index in [1.165, 1.54) is 0 Å². The summed E-state index contributed by atoms with van der Waals surface area (Å²) in [6, 6.07) is 29.6. The van der Waals surface area contributed by atoms with Crippen molar-refractivity contribution in [2.45, 2.75) is 18.6 Å². The summed E-state index contributed by atoms with van der Waals surface area (Å²) in [5.41, 5.74) is 1.31. The van der Waals surface area contributed by atoms with E-state index in [0.717, 1.165) is 10.8 Å². The maximum atomic E-state index is 13.1. The van der Waals surface area contributed by atoms with Crippen LogP contribution in [0.15, 0.2) is 97.1 Å². The van der Waals surface area contributed by atoms with E-state index in [1.807, 2.05) is 72.8 Å². The zero-order valence-corrected chi connectivity index (χ0v) is 19.7. The molecule has 7 nitrogen and oxygen atoms in total. The van der Waals surface area contributed by atoms with Crippen molar-refractivity contribution in [1.82, 2.24) is 0 Å². The fraction of sp³-hybridized carbons (Fsp3) is 0.207. The molecule has 4 aromatic carbocycles. The molecule has 0 aliphatic carbocycles. The van der Waals surface area contributed by atoms with Crippen LogP contribution < -0.4 is 14.8 Å². The lowest BCUT2D eigenvalue weighted by atomic mass is 10.0. The lowest BCUT2D eigenvalue weighted by Crippen LogP contribution is -2.31. The number of hydrogen-bond acceptors (Lipinski definition) is 6. The van der Waals surface area contributed by atoms with Gasteiger partial charge in [0, 0.05) is 18.4 Å². The van der Waals surface area contributed by atoms with Crippen LogP contribution in [0.5, 0.6) is 11.5 Å². The van der Waals surface area contributed by atoms with Crippen molar-refractivity contribution < 1.29 is 29.2 Å². The molecule has 0 spiro atoms. The van der Waals surface area contributed by atoms with E-state index in [2.05, 4.69) is 5.32 Å².